The van der Waals surface area contributed by atoms with E-state index in [1.54, 1.807) is 36.0 Å². The molecule has 0 atom stereocenters. The van der Waals surface area contributed by atoms with Crippen LogP contribution in [0.25, 0.3) is 5.82 Å². The largest absolute Gasteiger partial charge is 0.476 e. The van der Waals surface area contributed by atoms with Crippen molar-refractivity contribution in [1.82, 2.24) is 14.8 Å². The first kappa shape index (κ1) is 17.3. The quantitative estimate of drug-likeness (QED) is 0.617. The van der Waals surface area contributed by atoms with Crippen molar-refractivity contribution in [3.05, 3.63) is 35.1 Å². The van der Waals surface area contributed by atoms with Gasteiger partial charge in [-0.1, -0.05) is 32.4 Å². The Morgan fingerprint density at radius 1 is 1.30 bits per heavy atom. The molecule has 124 valence electrons. The Balaban J connectivity index is 2.15. The number of carbonyl (C=O) groups is 1. The molecule has 0 unspecified atom stereocenters. The lowest BCUT2D eigenvalue weighted by molar-refractivity contribution is 0.0526. The van der Waals surface area contributed by atoms with E-state index in [1.165, 1.54) is 0 Å². The van der Waals surface area contributed by atoms with Crippen molar-refractivity contribution in [3.63, 3.8) is 0 Å². The zero-order valence-electron chi connectivity index (χ0n) is 13.7. The van der Waals surface area contributed by atoms with E-state index >= 15 is 0 Å². The number of esters is 1. The Morgan fingerprint density at radius 3 is 2.65 bits per heavy atom. The van der Waals surface area contributed by atoms with Crippen molar-refractivity contribution in [1.29, 1.82) is 0 Å². The molecule has 6 nitrogen and oxygen atoms in total. The van der Waals surface area contributed by atoms with E-state index in [2.05, 4.69) is 30.9 Å². The van der Waals surface area contributed by atoms with Gasteiger partial charge < -0.3 is 9.47 Å². The molecule has 23 heavy (non-hydrogen) atoms. The molecular formula is C16H20ClN3O3. The number of carbonyl (C=O) groups excluding carboxylic acids is 1. The van der Waals surface area contributed by atoms with Crippen molar-refractivity contribution in [2.45, 2.75) is 27.7 Å². The summed E-state index contributed by atoms with van der Waals surface area (Å²) in [4.78, 5) is 15.9. The molecule has 2 aromatic heterocycles. The first-order chi connectivity index (χ1) is 10.8. The van der Waals surface area contributed by atoms with Crippen molar-refractivity contribution in [3.8, 4) is 11.7 Å². The predicted molar refractivity (Wildman–Crippen MR) is 87.3 cm³/mol. The molecule has 2 aromatic rings. The van der Waals surface area contributed by atoms with Crippen LogP contribution >= 0.6 is 11.6 Å². The van der Waals surface area contributed by atoms with Gasteiger partial charge in [0.25, 0.3) is 0 Å². The van der Waals surface area contributed by atoms with Crippen LogP contribution in [-0.2, 0) is 4.74 Å². The summed E-state index contributed by atoms with van der Waals surface area (Å²) in [6.07, 6.45) is 1.72. The second-order valence-corrected chi connectivity index (χ2v) is 6.53. The highest BCUT2D eigenvalue weighted by Crippen LogP contribution is 2.19. The Kier molecular flexibility index (Phi) is 5.26. The minimum Gasteiger partial charge on any atom is -0.476 e. The molecule has 0 aliphatic rings. The fourth-order valence-electron chi connectivity index (χ4n) is 1.72. The molecule has 0 aromatic carbocycles. The van der Waals surface area contributed by atoms with Gasteiger partial charge in [0.2, 0.25) is 5.88 Å². The summed E-state index contributed by atoms with van der Waals surface area (Å²) >= 11 is 6.05. The monoisotopic (exact) mass is 337 g/mol. The van der Waals surface area contributed by atoms with Crippen LogP contribution in [0.3, 0.4) is 0 Å². The molecule has 0 N–H and O–H groups in total. The fraction of sp³-hybridized carbons (Fsp3) is 0.438. The van der Waals surface area contributed by atoms with Gasteiger partial charge in [-0.25, -0.2) is 14.5 Å². The van der Waals surface area contributed by atoms with E-state index < -0.39 is 5.97 Å². The van der Waals surface area contributed by atoms with Crippen LogP contribution in [0.1, 0.15) is 38.1 Å². The van der Waals surface area contributed by atoms with Crippen molar-refractivity contribution in [2.24, 2.45) is 5.41 Å². The minimum atomic E-state index is -0.494. The minimum absolute atomic E-state index is 0.0482. The van der Waals surface area contributed by atoms with E-state index in [1.807, 2.05) is 0 Å². The Labute approximate surface area is 140 Å². The van der Waals surface area contributed by atoms with Gasteiger partial charge in [-0.3, -0.25) is 0 Å². The third kappa shape index (κ3) is 4.69. The van der Waals surface area contributed by atoms with Crippen LogP contribution < -0.4 is 4.74 Å². The van der Waals surface area contributed by atoms with Crippen molar-refractivity contribution < 1.29 is 14.3 Å². The zero-order chi connectivity index (χ0) is 17.0. The Bertz CT molecular complexity index is 692. The number of hydrogen-bond donors (Lipinski definition) is 0. The molecule has 0 fully saturated rings. The zero-order valence-corrected chi connectivity index (χ0v) is 14.4. The van der Waals surface area contributed by atoms with Gasteiger partial charge in [0.15, 0.2) is 5.82 Å². The summed E-state index contributed by atoms with van der Waals surface area (Å²) in [5.41, 5.74) is 0.278. The molecule has 0 radical (unpaired) electrons. The Hall–Kier alpha value is -2.08. The molecule has 2 heterocycles. The number of nitrogens with zero attached hydrogens (tertiary/aromatic N) is 3. The highest BCUT2D eigenvalue weighted by molar-refractivity contribution is 6.32. The molecule has 7 heteroatoms. The SMILES string of the molecule is CCOC(=O)c1ccc(-n2ccc(OCC(C)(C)C)n2)nc1Cl. The molecule has 0 bridgehead atoms. The molecule has 0 aliphatic carbocycles. The number of aromatic nitrogens is 3. The smallest absolute Gasteiger partial charge is 0.341 e. The maximum absolute atomic E-state index is 11.7. The summed E-state index contributed by atoms with van der Waals surface area (Å²) in [5, 5.41) is 4.37. The lowest BCUT2D eigenvalue weighted by Gasteiger charge is -2.17. The third-order valence-corrected chi connectivity index (χ3v) is 3.07. The summed E-state index contributed by atoms with van der Waals surface area (Å²) < 4.78 is 12.1. The van der Waals surface area contributed by atoms with Crippen LogP contribution in [0.4, 0.5) is 0 Å². The van der Waals surface area contributed by atoms with E-state index in [0.29, 0.717) is 18.3 Å². The van der Waals surface area contributed by atoms with Crippen LogP contribution in [-0.4, -0.2) is 33.9 Å². The number of pyridine rings is 1. The van der Waals surface area contributed by atoms with Gasteiger partial charge in [0.1, 0.15) is 5.15 Å². The van der Waals surface area contributed by atoms with Crippen LogP contribution in [0.5, 0.6) is 5.88 Å². The van der Waals surface area contributed by atoms with Gasteiger partial charge >= 0.3 is 5.97 Å². The number of hydrogen-bond acceptors (Lipinski definition) is 5. The van der Waals surface area contributed by atoms with E-state index in [9.17, 15) is 4.79 Å². The van der Waals surface area contributed by atoms with Crippen LogP contribution in [0.15, 0.2) is 24.4 Å². The highest BCUT2D eigenvalue weighted by atomic mass is 35.5. The summed E-state index contributed by atoms with van der Waals surface area (Å²) in [6, 6.07) is 4.97. The lowest BCUT2D eigenvalue weighted by Crippen LogP contribution is -2.17. The lowest BCUT2D eigenvalue weighted by atomic mass is 9.99. The predicted octanol–water partition coefficient (Wildman–Crippen LogP) is 3.52. The van der Waals surface area contributed by atoms with Gasteiger partial charge in [-0.05, 0) is 24.5 Å². The number of ether oxygens (including phenoxy) is 2. The van der Waals surface area contributed by atoms with E-state index in [-0.39, 0.29) is 22.7 Å². The third-order valence-electron chi connectivity index (χ3n) is 2.78. The average molecular weight is 338 g/mol. The molecule has 0 amide bonds. The van der Waals surface area contributed by atoms with Crippen LogP contribution in [0.2, 0.25) is 5.15 Å². The summed E-state index contributed by atoms with van der Waals surface area (Å²) in [6.45, 7) is 8.82. The van der Waals surface area contributed by atoms with Crippen molar-refractivity contribution in [2.75, 3.05) is 13.2 Å². The topological polar surface area (TPSA) is 66.2 Å². The second-order valence-electron chi connectivity index (χ2n) is 6.18. The second kappa shape index (κ2) is 7.00. The van der Waals surface area contributed by atoms with Gasteiger partial charge in [-0.2, -0.15) is 0 Å². The van der Waals surface area contributed by atoms with Gasteiger partial charge in [0.05, 0.1) is 18.8 Å². The van der Waals surface area contributed by atoms with E-state index in [4.69, 9.17) is 21.1 Å². The number of rotatable bonds is 5. The number of halogens is 1. The summed E-state index contributed by atoms with van der Waals surface area (Å²) in [5.74, 6) is 0.507. The molecule has 0 spiro atoms. The van der Waals surface area contributed by atoms with Crippen molar-refractivity contribution >= 4 is 17.6 Å². The molecule has 0 saturated heterocycles. The molecule has 0 aliphatic heterocycles. The maximum Gasteiger partial charge on any atom is 0.341 e. The Morgan fingerprint density at radius 2 is 2.04 bits per heavy atom. The molecular weight excluding hydrogens is 318 g/mol. The maximum atomic E-state index is 11.7. The summed E-state index contributed by atoms with van der Waals surface area (Å²) in [7, 11) is 0. The first-order valence-corrected chi connectivity index (χ1v) is 7.70. The molecule has 2 rings (SSSR count). The van der Waals surface area contributed by atoms with E-state index in [0.717, 1.165) is 0 Å². The van der Waals surface area contributed by atoms with Crippen LogP contribution in [0, 0.1) is 5.41 Å². The van der Waals surface area contributed by atoms with Gasteiger partial charge in [-0.15, -0.1) is 5.10 Å². The fourth-order valence-corrected chi connectivity index (χ4v) is 1.94. The molecule has 0 saturated carbocycles. The highest BCUT2D eigenvalue weighted by Gasteiger charge is 2.15. The first-order valence-electron chi connectivity index (χ1n) is 7.32. The normalized spacial score (nSPS) is 11.3. The standard InChI is InChI=1S/C16H20ClN3O3/c1-5-22-15(21)11-6-7-12(18-14(11)17)20-9-8-13(19-20)23-10-16(2,3)4/h6-9H,5,10H2,1-4H3. The average Bonchev–Trinajstić information content (AvgIpc) is 2.93. The van der Waals surface area contributed by atoms with Gasteiger partial charge in [0, 0.05) is 12.3 Å².